The van der Waals surface area contributed by atoms with E-state index in [1.807, 2.05) is 26.0 Å². The van der Waals surface area contributed by atoms with Crippen molar-refractivity contribution in [2.24, 2.45) is 0 Å². The molecule has 62 heavy (non-hydrogen) atoms. The van der Waals surface area contributed by atoms with Gasteiger partial charge in [-0.05, 0) is 157 Å². The molecule has 0 aliphatic carbocycles. The Hall–Kier alpha value is -7.80. The molecule has 0 aliphatic rings. The lowest BCUT2D eigenvalue weighted by atomic mass is 9.85. The fourth-order valence-electron chi connectivity index (χ4n) is 9.56. The first-order valence-corrected chi connectivity index (χ1v) is 21.6. The molecule has 0 saturated heterocycles. The lowest BCUT2D eigenvalue weighted by Crippen LogP contribution is -1.92. The molecule has 11 aromatic rings. The molecule has 0 saturated carbocycles. The summed E-state index contributed by atoms with van der Waals surface area (Å²) in [6.07, 6.45) is 5.84. The van der Waals surface area contributed by atoms with Gasteiger partial charge in [-0.1, -0.05) is 209 Å². The van der Waals surface area contributed by atoms with Gasteiger partial charge in [0.05, 0.1) is 0 Å². The van der Waals surface area contributed by atoms with Crippen LogP contribution in [0.4, 0.5) is 0 Å². The minimum atomic E-state index is 1.06. The van der Waals surface area contributed by atoms with Crippen molar-refractivity contribution in [2.45, 2.75) is 13.8 Å². The Bertz CT molecular complexity index is 3530. The van der Waals surface area contributed by atoms with Crippen molar-refractivity contribution < 1.29 is 0 Å². The van der Waals surface area contributed by atoms with Gasteiger partial charge >= 0.3 is 0 Å². The van der Waals surface area contributed by atoms with E-state index < -0.39 is 0 Å². The maximum Gasteiger partial charge on any atom is -0.00921 e. The highest BCUT2D eigenvalue weighted by molar-refractivity contribution is 6.26. The van der Waals surface area contributed by atoms with Crippen molar-refractivity contribution in [3.8, 4) is 44.5 Å². The van der Waals surface area contributed by atoms with E-state index in [0.29, 0.717) is 0 Å². The van der Waals surface area contributed by atoms with Gasteiger partial charge in [-0.15, -0.1) is 0 Å². The van der Waals surface area contributed by atoms with Crippen LogP contribution in [-0.4, -0.2) is 0 Å². The standard InChI is InChI=1S/C60H40.C2H6/c1-3-18-39(4-2)51-35-59-50-32-30-43(33-55(50)54(42-23-12-7-13-24-42)38-57(59)47-27-16-14-25-45(47)51)44-29-31-49-53(41-21-10-6-11-22-41)36-58-48-28-17-15-26-46(48)52(37-60(58)56(49)34-44)40-19-8-5-9-20-40;1-2/h3-38H,1-2H2;1-2H3/b39-18+;. The van der Waals surface area contributed by atoms with E-state index in [4.69, 9.17) is 0 Å². The molecule has 0 fully saturated rings. The summed E-state index contributed by atoms with van der Waals surface area (Å²) in [5.41, 5.74) is 11.9. The molecule has 0 bridgehead atoms. The third kappa shape index (κ3) is 6.49. The van der Waals surface area contributed by atoms with Crippen LogP contribution in [-0.2, 0) is 0 Å². The third-order valence-electron chi connectivity index (χ3n) is 12.4. The quantitative estimate of drug-likeness (QED) is 0.111. The second-order valence-electron chi connectivity index (χ2n) is 15.7. The fourth-order valence-corrected chi connectivity index (χ4v) is 9.56. The monoisotopic (exact) mass is 790 g/mol. The molecule has 0 aromatic heterocycles. The number of benzene rings is 11. The van der Waals surface area contributed by atoms with Gasteiger partial charge in [0.25, 0.3) is 0 Å². The van der Waals surface area contributed by atoms with Crippen LogP contribution in [0, 0.1) is 0 Å². The molecule has 0 atom stereocenters. The van der Waals surface area contributed by atoms with E-state index in [1.54, 1.807) is 0 Å². The normalized spacial score (nSPS) is 11.6. The maximum atomic E-state index is 4.19. The second kappa shape index (κ2) is 16.3. The van der Waals surface area contributed by atoms with Gasteiger partial charge < -0.3 is 0 Å². The highest BCUT2D eigenvalue weighted by Gasteiger charge is 2.18. The summed E-state index contributed by atoms with van der Waals surface area (Å²) in [4.78, 5) is 0. The smallest absolute Gasteiger partial charge is 0.00921 e. The van der Waals surface area contributed by atoms with E-state index in [2.05, 4.69) is 219 Å². The lowest BCUT2D eigenvalue weighted by molar-refractivity contribution is 1.50. The van der Waals surface area contributed by atoms with E-state index in [9.17, 15) is 0 Å². The molecule has 0 N–H and O–H groups in total. The van der Waals surface area contributed by atoms with Crippen LogP contribution in [0.1, 0.15) is 19.4 Å². The summed E-state index contributed by atoms with van der Waals surface area (Å²) < 4.78 is 0. The van der Waals surface area contributed by atoms with Gasteiger partial charge in [0.2, 0.25) is 0 Å². The number of hydrogen-bond acceptors (Lipinski definition) is 0. The predicted molar refractivity (Wildman–Crippen MR) is 273 cm³/mol. The van der Waals surface area contributed by atoms with Crippen LogP contribution < -0.4 is 0 Å². The highest BCUT2D eigenvalue weighted by Crippen LogP contribution is 2.45. The molecule has 0 aliphatic heterocycles. The Labute approximate surface area is 364 Å². The zero-order chi connectivity index (χ0) is 42.2. The molecule has 0 radical (unpaired) electrons. The Kier molecular flexibility index (Phi) is 10.1. The molecule has 0 amide bonds. The van der Waals surface area contributed by atoms with Crippen molar-refractivity contribution in [3.63, 3.8) is 0 Å². The number of rotatable bonds is 7. The molecule has 0 unspecified atom stereocenters. The second-order valence-corrected chi connectivity index (χ2v) is 15.7. The minimum Gasteiger partial charge on any atom is -0.0990 e. The maximum absolute atomic E-state index is 4.19. The summed E-state index contributed by atoms with van der Waals surface area (Å²) in [6.45, 7) is 12.2. The summed E-state index contributed by atoms with van der Waals surface area (Å²) in [6, 6.07) is 73.8. The first kappa shape index (κ1) is 38.4. The Balaban J connectivity index is 0.00000226. The van der Waals surface area contributed by atoms with Crippen LogP contribution >= 0.6 is 0 Å². The first-order chi connectivity index (χ1) is 30.7. The first-order valence-electron chi connectivity index (χ1n) is 21.6. The zero-order valence-electron chi connectivity index (χ0n) is 35.2. The molecule has 0 nitrogen and oxygen atoms in total. The average Bonchev–Trinajstić information content (AvgIpc) is 3.35. The van der Waals surface area contributed by atoms with E-state index in [1.165, 1.54) is 109 Å². The van der Waals surface area contributed by atoms with E-state index in [-0.39, 0.29) is 0 Å². The number of fused-ring (bicyclic) bond motifs is 10. The minimum absolute atomic E-state index is 1.06. The average molecular weight is 791 g/mol. The molecule has 0 spiro atoms. The van der Waals surface area contributed by atoms with Gasteiger partial charge in [-0.3, -0.25) is 0 Å². The molecule has 11 rings (SSSR count). The molecule has 0 heteroatoms. The Morgan fingerprint density at radius 1 is 0.306 bits per heavy atom. The Morgan fingerprint density at radius 2 is 0.661 bits per heavy atom. The summed E-state index contributed by atoms with van der Waals surface area (Å²) in [5, 5.41) is 14.9. The van der Waals surface area contributed by atoms with Crippen molar-refractivity contribution in [1.29, 1.82) is 0 Å². The van der Waals surface area contributed by atoms with Crippen LogP contribution in [0.25, 0.3) is 115 Å². The summed E-state index contributed by atoms with van der Waals surface area (Å²) in [7, 11) is 0. The van der Waals surface area contributed by atoms with Gasteiger partial charge in [0, 0.05) is 0 Å². The van der Waals surface area contributed by atoms with Crippen molar-refractivity contribution in [2.75, 3.05) is 0 Å². The van der Waals surface area contributed by atoms with E-state index >= 15 is 0 Å². The van der Waals surface area contributed by atoms with Crippen molar-refractivity contribution >= 4 is 70.2 Å². The van der Waals surface area contributed by atoms with Crippen LogP contribution in [0.3, 0.4) is 0 Å². The fraction of sp³-hybridized carbons (Fsp3) is 0.0323. The van der Waals surface area contributed by atoms with Gasteiger partial charge in [-0.25, -0.2) is 0 Å². The van der Waals surface area contributed by atoms with Crippen molar-refractivity contribution in [1.82, 2.24) is 0 Å². The van der Waals surface area contributed by atoms with Gasteiger partial charge in [0.15, 0.2) is 0 Å². The summed E-state index contributed by atoms with van der Waals surface area (Å²) >= 11 is 0. The molecular formula is C62H46. The largest absolute Gasteiger partial charge is 0.0990 e. The molecule has 11 aromatic carbocycles. The third-order valence-corrected chi connectivity index (χ3v) is 12.4. The SMILES string of the molecule is C=C/C=C(\C=C)c1cc2c3ccc(-c4ccc5c(-c6ccccc6)cc6c7ccccc7c(-c7ccccc7)cc6c5c4)cc3c(-c3ccccc3)cc2c2ccccc12.CC. The molecule has 294 valence electrons. The summed E-state index contributed by atoms with van der Waals surface area (Å²) in [5.74, 6) is 0. The number of allylic oxidation sites excluding steroid dienone is 4. The zero-order valence-corrected chi connectivity index (χ0v) is 35.2. The predicted octanol–water partition coefficient (Wildman–Crippen LogP) is 18.1. The molecule has 0 heterocycles. The van der Waals surface area contributed by atoms with Crippen molar-refractivity contribution in [3.05, 3.63) is 237 Å². The topological polar surface area (TPSA) is 0 Å². The Morgan fingerprint density at radius 3 is 1.18 bits per heavy atom. The molecular weight excluding hydrogens is 745 g/mol. The lowest BCUT2D eigenvalue weighted by Gasteiger charge is -2.18. The highest BCUT2D eigenvalue weighted by atomic mass is 14.2. The van der Waals surface area contributed by atoms with E-state index in [0.717, 1.165) is 11.1 Å². The van der Waals surface area contributed by atoms with Crippen LogP contribution in [0.5, 0.6) is 0 Å². The van der Waals surface area contributed by atoms with Gasteiger partial charge in [-0.2, -0.15) is 0 Å². The van der Waals surface area contributed by atoms with Crippen LogP contribution in [0.2, 0.25) is 0 Å². The number of hydrogen-bond donors (Lipinski definition) is 0. The van der Waals surface area contributed by atoms with Crippen LogP contribution in [0.15, 0.2) is 232 Å². The van der Waals surface area contributed by atoms with Gasteiger partial charge in [0.1, 0.15) is 0 Å².